The van der Waals surface area contributed by atoms with Crippen LogP contribution in [0.2, 0.25) is 5.02 Å². The standard InChI is InChI=1S/C16H20ClNO2/c1-11-10-20-9-8-18(11)16(19)15(12-2-3-12)13-4-6-14(17)7-5-13/h4-7,11-12,15H,2-3,8-10H2,1H3. The van der Waals surface area contributed by atoms with E-state index in [1.807, 2.05) is 29.2 Å². The van der Waals surface area contributed by atoms with E-state index in [1.54, 1.807) is 0 Å². The Morgan fingerprint density at radius 2 is 2.05 bits per heavy atom. The maximum atomic E-state index is 12.9. The second-order valence-electron chi connectivity index (χ2n) is 5.82. The lowest BCUT2D eigenvalue weighted by atomic mass is 9.92. The van der Waals surface area contributed by atoms with Gasteiger partial charge in [-0.05, 0) is 43.4 Å². The number of hydrogen-bond donors (Lipinski definition) is 0. The van der Waals surface area contributed by atoms with Crippen LogP contribution in [0.25, 0.3) is 0 Å². The molecule has 108 valence electrons. The fourth-order valence-electron chi connectivity index (χ4n) is 2.95. The molecule has 3 rings (SSSR count). The molecule has 2 aliphatic rings. The number of nitrogens with zero attached hydrogens (tertiary/aromatic N) is 1. The Balaban J connectivity index is 1.83. The summed E-state index contributed by atoms with van der Waals surface area (Å²) in [4.78, 5) is 14.9. The molecule has 1 aliphatic carbocycles. The van der Waals surface area contributed by atoms with Crippen LogP contribution >= 0.6 is 11.6 Å². The topological polar surface area (TPSA) is 29.5 Å². The number of ether oxygens (including phenoxy) is 1. The first-order valence-corrected chi connectivity index (χ1v) is 7.68. The van der Waals surface area contributed by atoms with Crippen LogP contribution in [-0.4, -0.2) is 36.6 Å². The number of carbonyl (C=O) groups excluding carboxylic acids is 1. The molecule has 1 saturated heterocycles. The average molecular weight is 294 g/mol. The van der Waals surface area contributed by atoms with Gasteiger partial charge in [-0.25, -0.2) is 0 Å². The molecule has 1 heterocycles. The first-order chi connectivity index (χ1) is 9.66. The van der Waals surface area contributed by atoms with Gasteiger partial charge >= 0.3 is 0 Å². The first kappa shape index (κ1) is 13.9. The minimum Gasteiger partial charge on any atom is -0.377 e. The molecular weight excluding hydrogens is 274 g/mol. The van der Waals surface area contributed by atoms with Gasteiger partial charge in [0.2, 0.25) is 5.91 Å². The number of carbonyl (C=O) groups is 1. The summed E-state index contributed by atoms with van der Waals surface area (Å²) in [5.41, 5.74) is 1.10. The van der Waals surface area contributed by atoms with Crippen LogP contribution in [0.1, 0.15) is 31.2 Å². The second kappa shape index (κ2) is 5.74. The summed E-state index contributed by atoms with van der Waals surface area (Å²) in [5.74, 6) is 0.747. The van der Waals surface area contributed by atoms with Crippen molar-refractivity contribution in [2.75, 3.05) is 19.8 Å². The molecule has 0 bridgehead atoms. The fourth-order valence-corrected chi connectivity index (χ4v) is 3.08. The van der Waals surface area contributed by atoms with Crippen LogP contribution in [0.15, 0.2) is 24.3 Å². The third-order valence-electron chi connectivity index (χ3n) is 4.24. The van der Waals surface area contributed by atoms with Gasteiger partial charge in [-0.1, -0.05) is 23.7 Å². The summed E-state index contributed by atoms with van der Waals surface area (Å²) in [5, 5.41) is 0.718. The van der Waals surface area contributed by atoms with Gasteiger partial charge in [-0.3, -0.25) is 4.79 Å². The Hall–Kier alpha value is -1.06. The molecule has 1 aliphatic heterocycles. The molecule has 2 fully saturated rings. The number of rotatable bonds is 3. The number of hydrogen-bond acceptors (Lipinski definition) is 2. The molecule has 2 atom stereocenters. The van der Waals surface area contributed by atoms with Crippen molar-refractivity contribution in [1.82, 2.24) is 4.90 Å². The van der Waals surface area contributed by atoms with Gasteiger partial charge in [0.15, 0.2) is 0 Å². The maximum absolute atomic E-state index is 12.9. The van der Waals surface area contributed by atoms with Crippen LogP contribution in [0.3, 0.4) is 0 Å². The summed E-state index contributed by atoms with van der Waals surface area (Å²) in [6.45, 7) is 4.05. The highest BCUT2D eigenvalue weighted by Crippen LogP contribution is 2.44. The van der Waals surface area contributed by atoms with Crippen molar-refractivity contribution in [2.24, 2.45) is 5.92 Å². The Labute approximate surface area is 124 Å². The van der Waals surface area contributed by atoms with E-state index < -0.39 is 0 Å². The van der Waals surface area contributed by atoms with Crippen molar-refractivity contribution >= 4 is 17.5 Å². The van der Waals surface area contributed by atoms with E-state index in [1.165, 1.54) is 0 Å². The van der Waals surface area contributed by atoms with Crippen LogP contribution in [0.4, 0.5) is 0 Å². The monoisotopic (exact) mass is 293 g/mol. The van der Waals surface area contributed by atoms with Gasteiger partial charge < -0.3 is 9.64 Å². The van der Waals surface area contributed by atoms with Crippen LogP contribution in [0, 0.1) is 5.92 Å². The number of halogens is 1. The van der Waals surface area contributed by atoms with E-state index in [0.717, 1.165) is 23.4 Å². The molecule has 4 heteroatoms. The van der Waals surface area contributed by atoms with Crippen LogP contribution in [-0.2, 0) is 9.53 Å². The lowest BCUT2D eigenvalue weighted by Gasteiger charge is -2.36. The highest BCUT2D eigenvalue weighted by atomic mass is 35.5. The van der Waals surface area contributed by atoms with Crippen LogP contribution in [0.5, 0.6) is 0 Å². The van der Waals surface area contributed by atoms with Gasteiger partial charge in [-0.15, -0.1) is 0 Å². The van der Waals surface area contributed by atoms with E-state index in [2.05, 4.69) is 6.92 Å². The Kier molecular flexibility index (Phi) is 3.99. The lowest BCUT2D eigenvalue weighted by Crippen LogP contribution is -2.49. The smallest absolute Gasteiger partial charge is 0.230 e. The molecule has 3 nitrogen and oxygen atoms in total. The Bertz CT molecular complexity index is 484. The van der Waals surface area contributed by atoms with E-state index in [4.69, 9.17) is 16.3 Å². The average Bonchev–Trinajstić information content (AvgIpc) is 3.26. The van der Waals surface area contributed by atoms with Crippen molar-refractivity contribution in [3.63, 3.8) is 0 Å². The zero-order valence-corrected chi connectivity index (χ0v) is 12.5. The molecule has 2 unspecified atom stereocenters. The predicted molar refractivity (Wildman–Crippen MR) is 78.9 cm³/mol. The summed E-state index contributed by atoms with van der Waals surface area (Å²) in [7, 11) is 0. The predicted octanol–water partition coefficient (Wildman–Crippen LogP) is 3.08. The van der Waals surface area contributed by atoms with E-state index >= 15 is 0 Å². The SMILES string of the molecule is CC1COCCN1C(=O)C(c1ccc(Cl)cc1)C1CC1. The normalized spacial score (nSPS) is 24.5. The molecule has 20 heavy (non-hydrogen) atoms. The zero-order valence-electron chi connectivity index (χ0n) is 11.7. The van der Waals surface area contributed by atoms with Crippen molar-refractivity contribution in [3.05, 3.63) is 34.9 Å². The molecule has 0 radical (unpaired) electrons. The number of amides is 1. The number of benzene rings is 1. The summed E-state index contributed by atoms with van der Waals surface area (Å²) >= 11 is 5.95. The lowest BCUT2D eigenvalue weighted by molar-refractivity contribution is -0.141. The second-order valence-corrected chi connectivity index (χ2v) is 6.26. The van der Waals surface area contributed by atoms with Crippen LogP contribution < -0.4 is 0 Å². The van der Waals surface area contributed by atoms with E-state index in [-0.39, 0.29) is 17.9 Å². The molecule has 1 amide bonds. The summed E-state index contributed by atoms with van der Waals surface area (Å²) < 4.78 is 5.43. The summed E-state index contributed by atoms with van der Waals surface area (Å²) in [6, 6.07) is 7.91. The van der Waals surface area contributed by atoms with Crippen molar-refractivity contribution in [2.45, 2.75) is 31.7 Å². The zero-order chi connectivity index (χ0) is 14.1. The molecule has 1 saturated carbocycles. The first-order valence-electron chi connectivity index (χ1n) is 7.30. The quantitative estimate of drug-likeness (QED) is 0.857. The van der Waals surface area contributed by atoms with Gasteiger partial charge in [0.05, 0.1) is 25.2 Å². The van der Waals surface area contributed by atoms with Gasteiger partial charge in [0, 0.05) is 11.6 Å². The van der Waals surface area contributed by atoms with Gasteiger partial charge in [0.25, 0.3) is 0 Å². The van der Waals surface area contributed by atoms with Crippen molar-refractivity contribution in [3.8, 4) is 0 Å². The molecule has 1 aromatic carbocycles. The third-order valence-corrected chi connectivity index (χ3v) is 4.49. The van der Waals surface area contributed by atoms with Crippen molar-refractivity contribution in [1.29, 1.82) is 0 Å². The highest BCUT2D eigenvalue weighted by Gasteiger charge is 2.40. The van der Waals surface area contributed by atoms with E-state index in [0.29, 0.717) is 25.7 Å². The molecular formula is C16H20ClNO2. The maximum Gasteiger partial charge on any atom is 0.230 e. The third kappa shape index (κ3) is 2.84. The van der Waals surface area contributed by atoms with Gasteiger partial charge in [0.1, 0.15) is 0 Å². The molecule has 1 aromatic rings. The van der Waals surface area contributed by atoms with Gasteiger partial charge in [-0.2, -0.15) is 0 Å². The molecule has 0 N–H and O–H groups in total. The Morgan fingerprint density at radius 3 is 2.65 bits per heavy atom. The fraction of sp³-hybridized carbons (Fsp3) is 0.562. The largest absolute Gasteiger partial charge is 0.377 e. The minimum atomic E-state index is -0.00665. The molecule has 0 spiro atoms. The molecule has 0 aromatic heterocycles. The highest BCUT2D eigenvalue weighted by molar-refractivity contribution is 6.30. The summed E-state index contributed by atoms with van der Waals surface area (Å²) in [6.07, 6.45) is 2.30. The minimum absolute atomic E-state index is 0.00665. The van der Waals surface area contributed by atoms with E-state index in [9.17, 15) is 4.79 Å². The van der Waals surface area contributed by atoms with Crippen molar-refractivity contribution < 1.29 is 9.53 Å². The Morgan fingerprint density at radius 1 is 1.35 bits per heavy atom. The number of morpholine rings is 1.